The average Bonchev–Trinajstić information content (AvgIpc) is 3.01. The number of nitrogens with zero attached hydrogens (tertiary/aromatic N) is 2. The Labute approximate surface area is 144 Å². The molecular weight excluding hydrogens is 322 g/mol. The normalized spacial score (nSPS) is 11.5. The molecule has 0 aliphatic rings. The lowest BCUT2D eigenvalue weighted by Crippen LogP contribution is -2.20. The summed E-state index contributed by atoms with van der Waals surface area (Å²) in [5.41, 5.74) is 2.06. The van der Waals surface area contributed by atoms with Crippen LogP contribution in [0.2, 0.25) is 0 Å². The van der Waals surface area contributed by atoms with Crippen LogP contribution in [0, 0.1) is 0 Å². The maximum Gasteiger partial charge on any atom is 0.262 e. The molecular formula is C18H19N3O2S. The van der Waals surface area contributed by atoms with Gasteiger partial charge in [0, 0.05) is 5.69 Å². The van der Waals surface area contributed by atoms with Crippen LogP contribution in [0.25, 0.3) is 10.2 Å². The van der Waals surface area contributed by atoms with Gasteiger partial charge in [-0.15, -0.1) is 11.3 Å². The van der Waals surface area contributed by atoms with Crippen molar-refractivity contribution in [2.75, 3.05) is 11.9 Å². The van der Waals surface area contributed by atoms with Crippen molar-refractivity contribution in [3.8, 4) is 5.88 Å². The van der Waals surface area contributed by atoms with E-state index in [4.69, 9.17) is 4.74 Å². The number of hydrogen-bond acceptors (Lipinski definition) is 5. The van der Waals surface area contributed by atoms with Crippen molar-refractivity contribution in [2.24, 2.45) is 0 Å². The highest BCUT2D eigenvalue weighted by Gasteiger charge is 2.13. The summed E-state index contributed by atoms with van der Waals surface area (Å²) in [4.78, 5) is 21.2. The predicted octanol–water partition coefficient (Wildman–Crippen LogP) is 4.01. The first-order chi connectivity index (χ1) is 11.4. The first-order valence-electron chi connectivity index (χ1n) is 7.65. The van der Waals surface area contributed by atoms with Crippen LogP contribution in [-0.2, 0) is 10.2 Å². The summed E-state index contributed by atoms with van der Waals surface area (Å²) in [6.45, 7) is 6.37. The van der Waals surface area contributed by atoms with Gasteiger partial charge in [0.2, 0.25) is 5.88 Å². The molecule has 0 unspecified atom stereocenters. The molecule has 0 aliphatic heterocycles. The second kappa shape index (κ2) is 6.57. The molecule has 0 saturated heterocycles. The smallest absolute Gasteiger partial charge is 0.262 e. The topological polar surface area (TPSA) is 64.1 Å². The third kappa shape index (κ3) is 3.71. The summed E-state index contributed by atoms with van der Waals surface area (Å²) < 4.78 is 5.53. The van der Waals surface area contributed by atoms with Gasteiger partial charge in [-0.3, -0.25) is 4.79 Å². The monoisotopic (exact) mass is 341 g/mol. The number of benzene rings is 1. The van der Waals surface area contributed by atoms with Crippen molar-refractivity contribution >= 4 is 33.1 Å². The maximum atomic E-state index is 12.1. The zero-order valence-corrected chi connectivity index (χ0v) is 14.7. The predicted molar refractivity (Wildman–Crippen MR) is 96.7 cm³/mol. The van der Waals surface area contributed by atoms with Gasteiger partial charge in [-0.2, -0.15) is 0 Å². The average molecular weight is 341 g/mol. The third-order valence-electron chi connectivity index (χ3n) is 3.60. The Bertz CT molecular complexity index is 851. The van der Waals surface area contributed by atoms with Gasteiger partial charge in [0.05, 0.1) is 5.39 Å². The minimum atomic E-state index is -0.222. The molecule has 5 nitrogen and oxygen atoms in total. The number of nitrogens with one attached hydrogen (secondary N) is 1. The number of thiophene rings is 1. The van der Waals surface area contributed by atoms with Gasteiger partial charge in [-0.25, -0.2) is 9.97 Å². The van der Waals surface area contributed by atoms with E-state index in [0.717, 1.165) is 15.9 Å². The lowest BCUT2D eigenvalue weighted by atomic mass is 9.87. The van der Waals surface area contributed by atoms with Gasteiger partial charge < -0.3 is 10.1 Å². The van der Waals surface area contributed by atoms with E-state index in [2.05, 4.69) is 36.1 Å². The van der Waals surface area contributed by atoms with Crippen LogP contribution in [0.4, 0.5) is 5.69 Å². The first-order valence-corrected chi connectivity index (χ1v) is 8.53. The molecule has 6 heteroatoms. The van der Waals surface area contributed by atoms with Crippen molar-refractivity contribution in [1.29, 1.82) is 0 Å². The van der Waals surface area contributed by atoms with Crippen LogP contribution in [0.3, 0.4) is 0 Å². The number of anilines is 1. The summed E-state index contributed by atoms with van der Waals surface area (Å²) in [6.07, 6.45) is 1.44. The van der Waals surface area contributed by atoms with Crippen LogP contribution in [-0.4, -0.2) is 22.5 Å². The number of carbonyl (C=O) groups is 1. The quantitative estimate of drug-likeness (QED) is 0.779. The van der Waals surface area contributed by atoms with Crippen molar-refractivity contribution < 1.29 is 9.53 Å². The Balaban J connectivity index is 1.61. The van der Waals surface area contributed by atoms with Crippen LogP contribution >= 0.6 is 11.3 Å². The van der Waals surface area contributed by atoms with Crippen molar-refractivity contribution in [3.05, 3.63) is 47.6 Å². The Morgan fingerprint density at radius 1 is 1.17 bits per heavy atom. The number of rotatable bonds is 4. The fourth-order valence-electron chi connectivity index (χ4n) is 2.27. The summed E-state index contributed by atoms with van der Waals surface area (Å²) in [5.74, 6) is 0.208. The second-order valence-corrected chi connectivity index (χ2v) is 7.38. The second-order valence-electron chi connectivity index (χ2n) is 6.48. The van der Waals surface area contributed by atoms with Crippen molar-refractivity contribution in [2.45, 2.75) is 26.2 Å². The van der Waals surface area contributed by atoms with Crippen LogP contribution in [0.5, 0.6) is 5.88 Å². The Morgan fingerprint density at radius 2 is 1.92 bits per heavy atom. The lowest BCUT2D eigenvalue weighted by Gasteiger charge is -2.19. The standard InChI is InChI=1S/C18H19N3O2S/c1-18(2,3)12-4-6-13(7-5-12)21-15(22)10-23-16-14-8-9-24-17(14)20-11-19-16/h4-9,11H,10H2,1-3H3,(H,21,22). The van der Waals surface area contributed by atoms with Gasteiger partial charge in [0.15, 0.2) is 6.61 Å². The minimum absolute atomic E-state index is 0.0879. The molecule has 0 radical (unpaired) electrons. The summed E-state index contributed by atoms with van der Waals surface area (Å²) in [7, 11) is 0. The summed E-state index contributed by atoms with van der Waals surface area (Å²) in [5, 5.41) is 5.57. The summed E-state index contributed by atoms with van der Waals surface area (Å²) >= 11 is 1.51. The van der Waals surface area contributed by atoms with Gasteiger partial charge >= 0.3 is 0 Å². The minimum Gasteiger partial charge on any atom is -0.467 e. The molecule has 124 valence electrons. The van der Waals surface area contributed by atoms with Gasteiger partial charge in [-0.05, 0) is 34.6 Å². The van der Waals surface area contributed by atoms with Gasteiger partial charge in [0.1, 0.15) is 11.2 Å². The molecule has 0 atom stereocenters. The lowest BCUT2D eigenvalue weighted by molar-refractivity contribution is -0.118. The zero-order chi connectivity index (χ0) is 17.2. The van der Waals surface area contributed by atoms with Gasteiger partial charge in [0.25, 0.3) is 5.91 Å². The first kappa shape index (κ1) is 16.4. The van der Waals surface area contributed by atoms with Crippen LogP contribution < -0.4 is 10.1 Å². The number of fused-ring (bicyclic) bond motifs is 1. The Morgan fingerprint density at radius 3 is 2.62 bits per heavy atom. The number of hydrogen-bond donors (Lipinski definition) is 1. The molecule has 3 rings (SSSR count). The van der Waals surface area contributed by atoms with E-state index < -0.39 is 0 Å². The number of carbonyl (C=O) groups excluding carboxylic acids is 1. The number of aromatic nitrogens is 2. The fraction of sp³-hybridized carbons (Fsp3) is 0.278. The van der Waals surface area contributed by atoms with Crippen LogP contribution in [0.15, 0.2) is 42.0 Å². The largest absolute Gasteiger partial charge is 0.467 e. The molecule has 2 heterocycles. The van der Waals surface area contributed by atoms with E-state index in [-0.39, 0.29) is 17.9 Å². The molecule has 2 aromatic heterocycles. The molecule has 0 aliphatic carbocycles. The maximum absolute atomic E-state index is 12.1. The Kier molecular flexibility index (Phi) is 4.49. The highest BCUT2D eigenvalue weighted by molar-refractivity contribution is 7.16. The third-order valence-corrected chi connectivity index (χ3v) is 4.42. The van der Waals surface area contributed by atoms with Crippen LogP contribution in [0.1, 0.15) is 26.3 Å². The van der Waals surface area contributed by atoms with E-state index in [1.165, 1.54) is 23.2 Å². The van der Waals surface area contributed by atoms with E-state index in [1.807, 2.05) is 35.7 Å². The fourth-order valence-corrected chi connectivity index (χ4v) is 2.99. The van der Waals surface area contributed by atoms with E-state index in [1.54, 1.807) is 0 Å². The van der Waals surface area contributed by atoms with Crippen molar-refractivity contribution in [3.63, 3.8) is 0 Å². The number of amides is 1. The molecule has 1 N–H and O–H groups in total. The summed E-state index contributed by atoms with van der Waals surface area (Å²) in [6, 6.07) is 9.74. The van der Waals surface area contributed by atoms with Crippen molar-refractivity contribution in [1.82, 2.24) is 9.97 Å². The van der Waals surface area contributed by atoms with E-state index in [9.17, 15) is 4.79 Å². The molecule has 3 aromatic rings. The molecule has 1 amide bonds. The molecule has 1 aromatic carbocycles. The van der Waals surface area contributed by atoms with E-state index in [0.29, 0.717) is 5.88 Å². The molecule has 0 bridgehead atoms. The molecule has 0 fully saturated rings. The van der Waals surface area contributed by atoms with Gasteiger partial charge in [-0.1, -0.05) is 32.9 Å². The highest BCUT2D eigenvalue weighted by atomic mass is 32.1. The zero-order valence-electron chi connectivity index (χ0n) is 13.9. The highest BCUT2D eigenvalue weighted by Crippen LogP contribution is 2.25. The molecule has 0 spiro atoms. The van der Waals surface area contributed by atoms with E-state index >= 15 is 0 Å². The Hall–Kier alpha value is -2.47. The molecule has 0 saturated carbocycles. The number of ether oxygens (including phenoxy) is 1. The molecule has 24 heavy (non-hydrogen) atoms. The SMILES string of the molecule is CC(C)(C)c1ccc(NC(=O)COc2ncnc3sccc23)cc1.